The molecule has 2 amide bonds. The fourth-order valence-corrected chi connectivity index (χ4v) is 3.78. The summed E-state index contributed by atoms with van der Waals surface area (Å²) in [5.74, 6) is -0.757. The van der Waals surface area contributed by atoms with E-state index >= 15 is 0 Å². The number of hydrazine groups is 1. The van der Waals surface area contributed by atoms with E-state index < -0.39 is 11.8 Å². The molecule has 2 aromatic rings. The maximum atomic E-state index is 12.5. The van der Waals surface area contributed by atoms with Crippen molar-refractivity contribution in [1.82, 2.24) is 10.4 Å². The van der Waals surface area contributed by atoms with E-state index in [0.717, 1.165) is 16.8 Å². The van der Waals surface area contributed by atoms with Crippen LogP contribution in [-0.4, -0.2) is 26.3 Å². The highest BCUT2D eigenvalue weighted by Gasteiger charge is 2.34. The summed E-state index contributed by atoms with van der Waals surface area (Å²) >= 11 is 9.58. The fourth-order valence-electron chi connectivity index (χ4n) is 2.14. The predicted molar refractivity (Wildman–Crippen MR) is 105 cm³/mol. The summed E-state index contributed by atoms with van der Waals surface area (Å²) in [6, 6.07) is 13.4. The van der Waals surface area contributed by atoms with Gasteiger partial charge in [-0.15, -0.1) is 0 Å². The van der Waals surface area contributed by atoms with Crippen molar-refractivity contribution in [2.75, 3.05) is 0 Å². The standard InChI is InChI=1S/C17H11BrN2O3S2/c18-13-7-2-1-6-12(13)15(22)19-20-16(23)14(25-17(20)24)9-10-4-3-5-11(21)8-10/h1-9,21H,(H,19,22)/b14-9-. The number of thioether (sulfide) groups is 1. The molecule has 8 heteroatoms. The summed E-state index contributed by atoms with van der Waals surface area (Å²) in [5.41, 5.74) is 3.59. The molecule has 2 N–H and O–H groups in total. The number of halogens is 1. The number of benzene rings is 2. The molecule has 2 aromatic carbocycles. The Labute approximate surface area is 161 Å². The molecule has 126 valence electrons. The number of thiocarbonyl (C=S) groups is 1. The number of nitrogens with one attached hydrogen (secondary N) is 1. The molecule has 0 unspecified atom stereocenters. The van der Waals surface area contributed by atoms with Crippen molar-refractivity contribution in [3.05, 3.63) is 69.0 Å². The number of carbonyl (C=O) groups excluding carboxylic acids is 2. The van der Waals surface area contributed by atoms with E-state index in [-0.39, 0.29) is 10.1 Å². The monoisotopic (exact) mass is 434 g/mol. The second-order valence-corrected chi connectivity index (χ2v) is 7.56. The van der Waals surface area contributed by atoms with Gasteiger partial charge in [-0.25, -0.2) is 0 Å². The van der Waals surface area contributed by atoms with E-state index in [1.54, 1.807) is 48.5 Å². The number of phenols is 1. The average molecular weight is 435 g/mol. The van der Waals surface area contributed by atoms with Crippen LogP contribution in [0.5, 0.6) is 5.75 Å². The zero-order valence-corrected chi connectivity index (χ0v) is 15.8. The second-order valence-electron chi connectivity index (χ2n) is 5.03. The average Bonchev–Trinajstić information content (AvgIpc) is 2.83. The van der Waals surface area contributed by atoms with Crippen LogP contribution >= 0.6 is 39.9 Å². The second kappa shape index (κ2) is 7.38. The molecule has 1 fully saturated rings. The minimum absolute atomic E-state index is 0.103. The normalized spacial score (nSPS) is 15.7. The van der Waals surface area contributed by atoms with Crippen LogP contribution in [0.15, 0.2) is 57.9 Å². The number of aromatic hydroxyl groups is 1. The lowest BCUT2D eigenvalue weighted by atomic mass is 10.2. The Kier molecular flexibility index (Phi) is 5.22. The van der Waals surface area contributed by atoms with Crippen molar-refractivity contribution in [2.45, 2.75) is 0 Å². The quantitative estimate of drug-likeness (QED) is 0.569. The Morgan fingerprint density at radius 2 is 2.00 bits per heavy atom. The first-order chi connectivity index (χ1) is 12.0. The van der Waals surface area contributed by atoms with Gasteiger partial charge in [-0.05, 0) is 64.1 Å². The number of amides is 2. The van der Waals surface area contributed by atoms with E-state index in [4.69, 9.17) is 12.2 Å². The molecule has 1 saturated heterocycles. The van der Waals surface area contributed by atoms with E-state index in [9.17, 15) is 14.7 Å². The lowest BCUT2D eigenvalue weighted by Gasteiger charge is -2.16. The van der Waals surface area contributed by atoms with E-state index in [0.29, 0.717) is 20.5 Å². The van der Waals surface area contributed by atoms with Gasteiger partial charge in [0.25, 0.3) is 11.8 Å². The summed E-state index contributed by atoms with van der Waals surface area (Å²) < 4.78 is 0.852. The van der Waals surface area contributed by atoms with E-state index in [2.05, 4.69) is 21.4 Å². The number of hydrogen-bond acceptors (Lipinski definition) is 5. The zero-order valence-electron chi connectivity index (χ0n) is 12.6. The Morgan fingerprint density at radius 1 is 1.24 bits per heavy atom. The number of phenolic OH excluding ortho intramolecular Hbond substituents is 1. The highest BCUT2D eigenvalue weighted by atomic mass is 79.9. The molecule has 0 spiro atoms. The summed E-state index contributed by atoms with van der Waals surface area (Å²) in [6.45, 7) is 0. The molecular formula is C17H11BrN2O3S2. The third kappa shape index (κ3) is 3.92. The zero-order chi connectivity index (χ0) is 18.0. The van der Waals surface area contributed by atoms with Crippen LogP contribution in [0.1, 0.15) is 15.9 Å². The molecule has 0 aromatic heterocycles. The third-order valence-electron chi connectivity index (χ3n) is 3.29. The molecular weight excluding hydrogens is 424 g/mol. The van der Waals surface area contributed by atoms with Gasteiger partial charge in [0.1, 0.15) is 5.75 Å². The van der Waals surface area contributed by atoms with Gasteiger partial charge >= 0.3 is 0 Å². The maximum absolute atomic E-state index is 12.5. The Hall–Kier alpha value is -2.16. The van der Waals surface area contributed by atoms with Crippen LogP contribution in [0.3, 0.4) is 0 Å². The van der Waals surface area contributed by atoms with Gasteiger partial charge in [0.2, 0.25) is 0 Å². The lowest BCUT2D eigenvalue weighted by Crippen LogP contribution is -2.44. The van der Waals surface area contributed by atoms with Gasteiger partial charge < -0.3 is 5.11 Å². The van der Waals surface area contributed by atoms with Crippen LogP contribution in [0.25, 0.3) is 6.08 Å². The van der Waals surface area contributed by atoms with Gasteiger partial charge in [0, 0.05) is 4.47 Å². The molecule has 0 saturated carbocycles. The van der Waals surface area contributed by atoms with Crippen molar-refractivity contribution in [1.29, 1.82) is 0 Å². The first-order valence-corrected chi connectivity index (χ1v) is 9.10. The molecule has 1 aliphatic heterocycles. The number of rotatable bonds is 3. The maximum Gasteiger partial charge on any atom is 0.285 e. The minimum atomic E-state index is -0.442. The fraction of sp³-hybridized carbons (Fsp3) is 0. The summed E-state index contributed by atoms with van der Waals surface area (Å²) in [6.07, 6.45) is 1.61. The largest absolute Gasteiger partial charge is 0.508 e. The molecule has 5 nitrogen and oxygen atoms in total. The summed E-state index contributed by atoms with van der Waals surface area (Å²) in [7, 11) is 0. The lowest BCUT2D eigenvalue weighted by molar-refractivity contribution is -0.123. The topological polar surface area (TPSA) is 69.6 Å². The van der Waals surface area contributed by atoms with Crippen LogP contribution in [0.2, 0.25) is 0 Å². The number of hydrogen-bond donors (Lipinski definition) is 2. The highest BCUT2D eigenvalue weighted by molar-refractivity contribution is 9.10. The van der Waals surface area contributed by atoms with Crippen LogP contribution in [0.4, 0.5) is 0 Å². The Bertz CT molecular complexity index is 914. The highest BCUT2D eigenvalue weighted by Crippen LogP contribution is 2.32. The molecule has 1 heterocycles. The van der Waals surface area contributed by atoms with Crippen LogP contribution in [0, 0.1) is 0 Å². The van der Waals surface area contributed by atoms with Crippen LogP contribution in [-0.2, 0) is 4.79 Å². The van der Waals surface area contributed by atoms with Gasteiger partial charge in [0.05, 0.1) is 10.5 Å². The molecule has 3 rings (SSSR count). The van der Waals surface area contributed by atoms with Crippen molar-refractivity contribution in [3.63, 3.8) is 0 Å². The third-order valence-corrected chi connectivity index (χ3v) is 5.29. The first kappa shape index (κ1) is 17.7. The Morgan fingerprint density at radius 3 is 2.72 bits per heavy atom. The van der Waals surface area contributed by atoms with Gasteiger partial charge in [0.15, 0.2) is 4.32 Å². The van der Waals surface area contributed by atoms with Crippen molar-refractivity contribution >= 4 is 62.1 Å². The molecule has 25 heavy (non-hydrogen) atoms. The SMILES string of the molecule is O=C(NN1C(=O)/C(=C/c2cccc(O)c2)SC1=S)c1ccccc1Br. The van der Waals surface area contributed by atoms with Gasteiger partial charge in [-0.3, -0.25) is 15.0 Å². The predicted octanol–water partition coefficient (Wildman–Crippen LogP) is 3.70. The minimum Gasteiger partial charge on any atom is -0.508 e. The number of carbonyl (C=O) groups is 2. The molecule has 0 aliphatic carbocycles. The van der Waals surface area contributed by atoms with Crippen molar-refractivity contribution < 1.29 is 14.7 Å². The molecule has 1 aliphatic rings. The Balaban J connectivity index is 1.80. The van der Waals surface area contributed by atoms with E-state index in [1.165, 1.54) is 6.07 Å². The smallest absolute Gasteiger partial charge is 0.285 e. The van der Waals surface area contributed by atoms with Gasteiger partial charge in [-0.1, -0.05) is 36.0 Å². The molecule has 0 bridgehead atoms. The van der Waals surface area contributed by atoms with Crippen LogP contribution < -0.4 is 5.43 Å². The summed E-state index contributed by atoms with van der Waals surface area (Å²) in [5, 5.41) is 10.6. The van der Waals surface area contributed by atoms with E-state index in [1.807, 2.05) is 0 Å². The van der Waals surface area contributed by atoms with Crippen molar-refractivity contribution in [3.8, 4) is 5.75 Å². The molecule has 0 radical (unpaired) electrons. The van der Waals surface area contributed by atoms with Gasteiger partial charge in [-0.2, -0.15) is 5.01 Å². The number of nitrogens with zero attached hydrogens (tertiary/aromatic N) is 1. The first-order valence-electron chi connectivity index (χ1n) is 7.08. The van der Waals surface area contributed by atoms with Crippen molar-refractivity contribution in [2.24, 2.45) is 0 Å². The summed E-state index contributed by atoms with van der Waals surface area (Å²) in [4.78, 5) is 25.2. The molecule has 0 atom stereocenters.